The minimum atomic E-state index is -1.01. The lowest BCUT2D eigenvalue weighted by molar-refractivity contribution is -0.140. The van der Waals surface area contributed by atoms with E-state index in [0.29, 0.717) is 24.3 Å². The highest BCUT2D eigenvalue weighted by atomic mass is 16.5. The molecule has 0 aliphatic rings. The molecule has 43 heavy (non-hydrogen) atoms. The first-order chi connectivity index (χ1) is 20.7. The van der Waals surface area contributed by atoms with Crippen LogP contribution in [0.2, 0.25) is 0 Å². The van der Waals surface area contributed by atoms with Gasteiger partial charge in [0.25, 0.3) is 0 Å². The normalized spacial score (nSPS) is 11.7. The second-order valence-corrected chi connectivity index (χ2v) is 9.83. The number of rotatable bonds is 9. The first kappa shape index (κ1) is 28.9. The van der Waals surface area contributed by atoms with Crippen molar-refractivity contribution in [2.75, 3.05) is 13.7 Å². The van der Waals surface area contributed by atoms with E-state index in [1.165, 1.54) is 13.2 Å². The molecule has 0 saturated carbocycles. The molecule has 10 nitrogen and oxygen atoms in total. The van der Waals surface area contributed by atoms with Gasteiger partial charge in [-0.25, -0.2) is 0 Å². The largest absolute Gasteiger partial charge is 0.507 e. The van der Waals surface area contributed by atoms with Crippen molar-refractivity contribution in [1.82, 2.24) is 0 Å². The molecule has 0 aliphatic heterocycles. The SMILES string of the molecule is COC(=O)CC(c1ccc(OCCc2ccccc2)cc1)c1c(O)cc(O)c2c(=O)c(O)c(-c3ccc(O)c(O)c3)oc12. The van der Waals surface area contributed by atoms with Crippen molar-refractivity contribution < 1.29 is 44.2 Å². The molecule has 0 radical (unpaired) electrons. The number of ether oxygens (including phenoxy) is 2. The standard InChI is InChI=1S/C33H28O10/c1-41-27(38)16-22(19-7-10-21(11-8-19)42-14-13-18-5-3-2-4-6-18)28-25(36)17-26(37)29-30(39)31(40)32(43-33(28)29)20-9-12-23(34)24(35)15-20/h2-12,15,17,22,34-37,40H,13-14,16H2,1H3. The molecule has 5 N–H and O–H groups in total. The minimum Gasteiger partial charge on any atom is -0.507 e. The van der Waals surface area contributed by atoms with E-state index < -0.39 is 57.2 Å². The summed E-state index contributed by atoms with van der Waals surface area (Å²) in [6, 6.07) is 21.1. The van der Waals surface area contributed by atoms with Crippen LogP contribution in [0.3, 0.4) is 0 Å². The fourth-order valence-corrected chi connectivity index (χ4v) is 4.91. The number of fused-ring (bicyclic) bond motifs is 1. The monoisotopic (exact) mass is 584 g/mol. The van der Waals surface area contributed by atoms with Crippen LogP contribution in [0.5, 0.6) is 34.5 Å². The van der Waals surface area contributed by atoms with Gasteiger partial charge in [-0.2, -0.15) is 0 Å². The molecule has 4 aromatic carbocycles. The maximum absolute atomic E-state index is 13.3. The average molecular weight is 585 g/mol. The zero-order valence-electron chi connectivity index (χ0n) is 23.0. The molecule has 1 atom stereocenters. The van der Waals surface area contributed by atoms with Gasteiger partial charge in [0.05, 0.1) is 20.1 Å². The Morgan fingerprint density at radius 2 is 1.56 bits per heavy atom. The van der Waals surface area contributed by atoms with Crippen molar-refractivity contribution in [2.24, 2.45) is 0 Å². The average Bonchev–Trinajstić information content (AvgIpc) is 3.00. The van der Waals surface area contributed by atoms with E-state index in [4.69, 9.17) is 13.9 Å². The molecule has 220 valence electrons. The summed E-state index contributed by atoms with van der Waals surface area (Å²) in [7, 11) is 1.21. The van der Waals surface area contributed by atoms with E-state index in [-0.39, 0.29) is 23.1 Å². The van der Waals surface area contributed by atoms with Crippen LogP contribution >= 0.6 is 0 Å². The summed E-state index contributed by atoms with van der Waals surface area (Å²) >= 11 is 0. The van der Waals surface area contributed by atoms with Crippen LogP contribution in [0.1, 0.15) is 29.0 Å². The van der Waals surface area contributed by atoms with Crippen molar-refractivity contribution in [3.05, 3.63) is 106 Å². The van der Waals surface area contributed by atoms with E-state index >= 15 is 0 Å². The van der Waals surface area contributed by atoms with E-state index in [1.807, 2.05) is 30.3 Å². The Hall–Kier alpha value is -5.64. The molecular formula is C33H28O10. The summed E-state index contributed by atoms with van der Waals surface area (Å²) in [6.07, 6.45) is 0.423. The number of methoxy groups -OCH3 is 1. The van der Waals surface area contributed by atoms with Gasteiger partial charge in [0.2, 0.25) is 11.2 Å². The Morgan fingerprint density at radius 1 is 0.837 bits per heavy atom. The van der Waals surface area contributed by atoms with Crippen molar-refractivity contribution in [2.45, 2.75) is 18.8 Å². The lowest BCUT2D eigenvalue weighted by Crippen LogP contribution is -2.12. The van der Waals surface area contributed by atoms with Gasteiger partial charge in [-0.3, -0.25) is 9.59 Å². The number of phenols is 4. The third-order valence-corrected chi connectivity index (χ3v) is 7.11. The first-order valence-electron chi connectivity index (χ1n) is 13.3. The molecule has 0 saturated heterocycles. The van der Waals surface area contributed by atoms with Gasteiger partial charge in [-0.1, -0.05) is 42.5 Å². The smallest absolute Gasteiger partial charge is 0.306 e. The first-order valence-corrected chi connectivity index (χ1v) is 13.3. The van der Waals surface area contributed by atoms with E-state index in [9.17, 15) is 35.1 Å². The van der Waals surface area contributed by atoms with Crippen LogP contribution in [0.4, 0.5) is 0 Å². The molecule has 0 spiro atoms. The maximum Gasteiger partial charge on any atom is 0.306 e. The molecular weight excluding hydrogens is 556 g/mol. The predicted molar refractivity (Wildman–Crippen MR) is 157 cm³/mol. The van der Waals surface area contributed by atoms with Crippen LogP contribution < -0.4 is 10.2 Å². The van der Waals surface area contributed by atoms with Crippen LogP contribution in [-0.4, -0.2) is 45.2 Å². The number of phenolic OH excluding ortho intramolecular Hbond substituents is 4. The van der Waals surface area contributed by atoms with Gasteiger partial charge in [0.1, 0.15) is 28.2 Å². The van der Waals surface area contributed by atoms with Crippen molar-refractivity contribution in [1.29, 1.82) is 0 Å². The Balaban J connectivity index is 1.60. The zero-order valence-corrected chi connectivity index (χ0v) is 23.0. The number of carbonyl (C=O) groups is 1. The van der Waals surface area contributed by atoms with E-state index in [1.54, 1.807) is 24.3 Å². The highest BCUT2D eigenvalue weighted by Gasteiger charge is 2.30. The lowest BCUT2D eigenvalue weighted by atomic mass is 9.86. The van der Waals surface area contributed by atoms with Gasteiger partial charge < -0.3 is 39.4 Å². The molecule has 0 fully saturated rings. The third kappa shape index (κ3) is 5.89. The van der Waals surface area contributed by atoms with Gasteiger partial charge in [-0.05, 0) is 41.5 Å². The van der Waals surface area contributed by atoms with Crippen molar-refractivity contribution in [3.8, 4) is 45.8 Å². The van der Waals surface area contributed by atoms with Gasteiger partial charge in [0, 0.05) is 29.5 Å². The second-order valence-electron chi connectivity index (χ2n) is 9.83. The molecule has 0 bridgehead atoms. The number of aromatic hydroxyl groups is 5. The molecule has 10 heteroatoms. The molecule has 1 aromatic heterocycles. The summed E-state index contributed by atoms with van der Waals surface area (Å²) in [4.78, 5) is 25.8. The third-order valence-electron chi connectivity index (χ3n) is 7.11. The Kier molecular flexibility index (Phi) is 8.11. The summed E-state index contributed by atoms with van der Waals surface area (Å²) in [5.74, 6) is -4.34. The summed E-state index contributed by atoms with van der Waals surface area (Å²) in [5.41, 5.74) is 0.366. The fraction of sp³-hybridized carbons (Fsp3) is 0.152. The Morgan fingerprint density at radius 3 is 2.23 bits per heavy atom. The molecule has 5 aromatic rings. The Bertz CT molecular complexity index is 1840. The molecule has 0 amide bonds. The molecule has 1 heterocycles. The van der Waals surface area contributed by atoms with Crippen LogP contribution in [0, 0.1) is 0 Å². The molecule has 5 rings (SSSR count). The molecule has 1 unspecified atom stereocenters. The lowest BCUT2D eigenvalue weighted by Gasteiger charge is -2.21. The van der Waals surface area contributed by atoms with Gasteiger partial charge in [0.15, 0.2) is 17.3 Å². The van der Waals surface area contributed by atoms with Crippen molar-refractivity contribution in [3.63, 3.8) is 0 Å². The number of benzene rings is 4. The topological polar surface area (TPSA) is 167 Å². The number of esters is 1. The Labute approximate surface area is 245 Å². The van der Waals surface area contributed by atoms with Crippen LogP contribution in [0.25, 0.3) is 22.3 Å². The van der Waals surface area contributed by atoms with Crippen LogP contribution in [-0.2, 0) is 16.0 Å². The van der Waals surface area contributed by atoms with Crippen LogP contribution in [0.15, 0.2) is 88.1 Å². The summed E-state index contributed by atoms with van der Waals surface area (Å²) in [5, 5.41) is 51.6. The summed E-state index contributed by atoms with van der Waals surface area (Å²) < 4.78 is 16.7. The van der Waals surface area contributed by atoms with Crippen molar-refractivity contribution >= 4 is 16.9 Å². The number of hydrogen-bond donors (Lipinski definition) is 5. The quantitative estimate of drug-likeness (QED) is 0.113. The maximum atomic E-state index is 13.3. The van der Waals surface area contributed by atoms with Gasteiger partial charge in [-0.15, -0.1) is 0 Å². The second kappa shape index (κ2) is 12.1. The highest BCUT2D eigenvalue weighted by Crippen LogP contribution is 2.45. The van der Waals surface area contributed by atoms with Gasteiger partial charge >= 0.3 is 5.97 Å². The van der Waals surface area contributed by atoms with E-state index in [0.717, 1.165) is 23.8 Å². The predicted octanol–water partition coefficient (Wildman–Crippen LogP) is 5.30. The molecule has 0 aliphatic carbocycles. The number of hydrogen-bond acceptors (Lipinski definition) is 10. The number of carbonyl (C=O) groups excluding carboxylic acids is 1. The highest BCUT2D eigenvalue weighted by molar-refractivity contribution is 5.92. The fourth-order valence-electron chi connectivity index (χ4n) is 4.91. The zero-order chi connectivity index (χ0) is 30.7. The van der Waals surface area contributed by atoms with E-state index in [2.05, 4.69) is 0 Å². The minimum absolute atomic E-state index is 0.0164. The summed E-state index contributed by atoms with van der Waals surface area (Å²) in [6.45, 7) is 0.433.